The molecular formula is C9H13BrN2O3. The van der Waals surface area contributed by atoms with Gasteiger partial charge in [-0.25, -0.2) is 9.78 Å². The fraction of sp³-hybridized carbons (Fsp3) is 0.556. The van der Waals surface area contributed by atoms with E-state index in [0.29, 0.717) is 11.3 Å². The molecule has 1 unspecified atom stereocenters. The van der Waals surface area contributed by atoms with Crippen molar-refractivity contribution in [1.82, 2.24) is 9.55 Å². The lowest BCUT2D eigenvalue weighted by molar-refractivity contribution is 0.0519. The number of hydrogen-bond donors (Lipinski definition) is 1. The van der Waals surface area contributed by atoms with Gasteiger partial charge >= 0.3 is 5.97 Å². The monoisotopic (exact) mass is 276 g/mol. The van der Waals surface area contributed by atoms with Crippen LogP contribution in [-0.2, 0) is 4.74 Å². The van der Waals surface area contributed by atoms with Gasteiger partial charge in [0, 0.05) is 6.20 Å². The number of ether oxygens (including phenoxy) is 1. The van der Waals surface area contributed by atoms with Crippen molar-refractivity contribution in [3.05, 3.63) is 16.6 Å². The Morgan fingerprint density at radius 2 is 2.47 bits per heavy atom. The first-order valence-electron chi connectivity index (χ1n) is 4.62. The Labute approximate surface area is 96.2 Å². The second kappa shape index (κ2) is 5.27. The minimum absolute atomic E-state index is 0.0166. The van der Waals surface area contributed by atoms with Gasteiger partial charge in [0.2, 0.25) is 0 Å². The van der Waals surface area contributed by atoms with Crippen LogP contribution in [0.1, 0.15) is 30.4 Å². The number of halogens is 1. The molecule has 0 aliphatic heterocycles. The Morgan fingerprint density at radius 1 is 1.80 bits per heavy atom. The molecule has 0 fully saturated rings. The van der Waals surface area contributed by atoms with E-state index >= 15 is 0 Å². The third-order valence-electron chi connectivity index (χ3n) is 1.91. The van der Waals surface area contributed by atoms with Crippen molar-refractivity contribution in [2.75, 3.05) is 13.2 Å². The molecule has 0 amide bonds. The maximum atomic E-state index is 11.3. The molecule has 1 N–H and O–H groups in total. The molecule has 0 radical (unpaired) electrons. The maximum absolute atomic E-state index is 11.3. The van der Waals surface area contributed by atoms with Gasteiger partial charge in [-0.3, -0.25) is 0 Å². The Hall–Kier alpha value is -0.880. The molecule has 84 valence electrons. The lowest BCUT2D eigenvalue weighted by Crippen LogP contribution is -2.08. The smallest absolute Gasteiger partial charge is 0.358 e. The van der Waals surface area contributed by atoms with Crippen molar-refractivity contribution in [3.8, 4) is 0 Å². The first kappa shape index (κ1) is 12.2. The van der Waals surface area contributed by atoms with E-state index in [1.807, 2.05) is 6.92 Å². The summed E-state index contributed by atoms with van der Waals surface area (Å²) in [6, 6.07) is -0.130. The number of aromatic nitrogens is 2. The highest BCUT2D eigenvalue weighted by molar-refractivity contribution is 9.10. The zero-order valence-corrected chi connectivity index (χ0v) is 10.2. The van der Waals surface area contributed by atoms with Crippen LogP contribution in [0.15, 0.2) is 10.9 Å². The van der Waals surface area contributed by atoms with Gasteiger partial charge in [-0.15, -0.1) is 0 Å². The van der Waals surface area contributed by atoms with E-state index in [-0.39, 0.29) is 18.3 Å². The van der Waals surface area contributed by atoms with Crippen molar-refractivity contribution in [1.29, 1.82) is 0 Å². The molecule has 1 rings (SSSR count). The molecule has 1 aromatic heterocycles. The number of carbonyl (C=O) groups excluding carboxylic acids is 1. The zero-order chi connectivity index (χ0) is 11.4. The summed E-state index contributed by atoms with van der Waals surface area (Å²) in [7, 11) is 0. The molecule has 0 aromatic carbocycles. The van der Waals surface area contributed by atoms with Gasteiger partial charge in [0.15, 0.2) is 10.4 Å². The van der Waals surface area contributed by atoms with Crippen molar-refractivity contribution in [2.45, 2.75) is 19.9 Å². The molecule has 1 heterocycles. The van der Waals surface area contributed by atoms with Crippen LogP contribution in [0.4, 0.5) is 0 Å². The standard InChI is InChI=1S/C9H13BrN2O3/c1-3-15-8(14)7-4-12(6(2)5-13)9(10)11-7/h4,6,13H,3,5H2,1-2H3. The Bertz CT molecular complexity index is 351. The van der Waals surface area contributed by atoms with Crippen LogP contribution in [0.5, 0.6) is 0 Å². The highest BCUT2D eigenvalue weighted by Crippen LogP contribution is 2.16. The fourth-order valence-electron chi connectivity index (χ4n) is 1.07. The van der Waals surface area contributed by atoms with Gasteiger partial charge < -0.3 is 14.4 Å². The van der Waals surface area contributed by atoms with E-state index in [0.717, 1.165) is 0 Å². The summed E-state index contributed by atoms with van der Waals surface area (Å²) < 4.78 is 6.99. The van der Waals surface area contributed by atoms with Crippen LogP contribution in [-0.4, -0.2) is 33.8 Å². The Morgan fingerprint density at radius 3 is 3.00 bits per heavy atom. The van der Waals surface area contributed by atoms with Crippen molar-refractivity contribution >= 4 is 21.9 Å². The SMILES string of the molecule is CCOC(=O)c1cn(C(C)CO)c(Br)n1. The van der Waals surface area contributed by atoms with Gasteiger partial charge in [0.25, 0.3) is 0 Å². The number of esters is 1. The largest absolute Gasteiger partial charge is 0.461 e. The van der Waals surface area contributed by atoms with E-state index in [9.17, 15) is 4.79 Å². The number of carbonyl (C=O) groups is 1. The molecule has 0 saturated carbocycles. The predicted octanol–water partition coefficient (Wildman–Crippen LogP) is 1.38. The number of rotatable bonds is 4. The van der Waals surface area contributed by atoms with Crippen molar-refractivity contribution < 1.29 is 14.6 Å². The van der Waals surface area contributed by atoms with Gasteiger partial charge in [-0.2, -0.15) is 0 Å². The molecule has 0 saturated heterocycles. The highest BCUT2D eigenvalue weighted by atomic mass is 79.9. The van der Waals surface area contributed by atoms with Crippen LogP contribution in [0, 0.1) is 0 Å². The average molecular weight is 277 g/mol. The summed E-state index contributed by atoms with van der Waals surface area (Å²) in [6.07, 6.45) is 1.56. The first-order valence-corrected chi connectivity index (χ1v) is 5.41. The Balaban J connectivity index is 2.90. The Kier molecular flexibility index (Phi) is 4.28. The maximum Gasteiger partial charge on any atom is 0.358 e. The third-order valence-corrected chi connectivity index (χ3v) is 2.50. The van der Waals surface area contributed by atoms with E-state index in [4.69, 9.17) is 9.84 Å². The quantitative estimate of drug-likeness (QED) is 0.844. The molecule has 15 heavy (non-hydrogen) atoms. The third kappa shape index (κ3) is 2.79. The minimum atomic E-state index is -0.456. The highest BCUT2D eigenvalue weighted by Gasteiger charge is 2.16. The van der Waals surface area contributed by atoms with Crippen LogP contribution in [0.3, 0.4) is 0 Å². The normalized spacial score (nSPS) is 12.5. The summed E-state index contributed by atoms with van der Waals surface area (Å²) >= 11 is 3.21. The lowest BCUT2D eigenvalue weighted by atomic mass is 10.3. The molecule has 6 heteroatoms. The molecule has 0 aliphatic carbocycles. The number of nitrogens with zero attached hydrogens (tertiary/aromatic N) is 2. The van der Waals surface area contributed by atoms with E-state index in [2.05, 4.69) is 20.9 Å². The van der Waals surface area contributed by atoms with Gasteiger partial charge in [-0.1, -0.05) is 0 Å². The fourth-order valence-corrected chi connectivity index (χ4v) is 1.71. The van der Waals surface area contributed by atoms with E-state index in [1.165, 1.54) is 0 Å². The molecule has 1 atom stereocenters. The second-order valence-corrected chi connectivity index (χ2v) is 3.76. The first-order chi connectivity index (χ1) is 7.10. The predicted molar refractivity (Wildman–Crippen MR) is 57.7 cm³/mol. The van der Waals surface area contributed by atoms with E-state index < -0.39 is 5.97 Å². The second-order valence-electron chi connectivity index (χ2n) is 3.05. The minimum Gasteiger partial charge on any atom is -0.461 e. The summed E-state index contributed by atoms with van der Waals surface area (Å²) in [5.41, 5.74) is 0.240. The van der Waals surface area contributed by atoms with Crippen LogP contribution in [0.25, 0.3) is 0 Å². The number of aliphatic hydroxyl groups excluding tert-OH is 1. The van der Waals surface area contributed by atoms with Crippen molar-refractivity contribution in [3.63, 3.8) is 0 Å². The van der Waals surface area contributed by atoms with Gasteiger partial charge in [-0.05, 0) is 29.8 Å². The van der Waals surface area contributed by atoms with Gasteiger partial charge in [0.05, 0.1) is 19.3 Å². The lowest BCUT2D eigenvalue weighted by Gasteiger charge is -2.09. The van der Waals surface area contributed by atoms with Crippen molar-refractivity contribution in [2.24, 2.45) is 0 Å². The summed E-state index contributed by atoms with van der Waals surface area (Å²) in [5, 5.41) is 8.98. The van der Waals surface area contributed by atoms with Crippen LogP contribution in [0.2, 0.25) is 0 Å². The molecule has 5 nitrogen and oxygen atoms in total. The molecule has 1 aromatic rings. The summed E-state index contributed by atoms with van der Waals surface area (Å²) in [5.74, 6) is -0.456. The molecule has 0 spiro atoms. The summed E-state index contributed by atoms with van der Waals surface area (Å²) in [4.78, 5) is 15.3. The molecular weight excluding hydrogens is 264 g/mol. The molecule has 0 aliphatic rings. The summed E-state index contributed by atoms with van der Waals surface area (Å²) in [6.45, 7) is 3.86. The van der Waals surface area contributed by atoms with Gasteiger partial charge in [0.1, 0.15) is 0 Å². The number of aliphatic hydroxyl groups is 1. The number of hydrogen-bond acceptors (Lipinski definition) is 4. The molecule has 0 bridgehead atoms. The number of imidazole rings is 1. The zero-order valence-electron chi connectivity index (χ0n) is 8.61. The van der Waals surface area contributed by atoms with Crippen LogP contribution >= 0.6 is 15.9 Å². The van der Waals surface area contributed by atoms with Crippen LogP contribution < -0.4 is 0 Å². The van der Waals surface area contributed by atoms with E-state index in [1.54, 1.807) is 17.7 Å². The topological polar surface area (TPSA) is 64.3 Å². The average Bonchev–Trinajstić information content (AvgIpc) is 2.60.